The number of nitrogens with two attached hydrogens (primary N) is 1. The molecule has 9 heteroatoms. The molecular weight excluding hydrogens is 538 g/mol. The molecule has 2 heterocycles. The zero-order chi connectivity index (χ0) is 30.8. The van der Waals surface area contributed by atoms with E-state index in [4.69, 9.17) is 43.6 Å². The van der Waals surface area contributed by atoms with Crippen LogP contribution in [0.1, 0.15) is 119 Å². The van der Waals surface area contributed by atoms with E-state index in [0.29, 0.717) is 33.0 Å². The van der Waals surface area contributed by atoms with E-state index >= 15 is 0 Å². The minimum atomic E-state index is -0.672. The molecule has 0 amide bonds. The predicted molar refractivity (Wildman–Crippen MR) is 166 cm³/mol. The first-order valence-corrected chi connectivity index (χ1v) is 17.1. The van der Waals surface area contributed by atoms with E-state index in [0.717, 1.165) is 70.6 Å². The van der Waals surface area contributed by atoms with Crippen LogP contribution in [0, 0.1) is 0 Å². The number of unbranched alkanes of at least 4 members (excludes halogenated alkanes) is 5. The molecule has 250 valence electrons. The molecule has 2 fully saturated rings. The maximum atomic E-state index is 6.73. The lowest BCUT2D eigenvalue weighted by Gasteiger charge is -2.46. The zero-order valence-electron chi connectivity index (χ0n) is 28.0. The van der Waals surface area contributed by atoms with Crippen molar-refractivity contribution in [2.75, 3.05) is 39.6 Å². The van der Waals surface area contributed by atoms with Crippen LogP contribution in [0.15, 0.2) is 0 Å². The average Bonchev–Trinajstić information content (AvgIpc) is 3.29. The Morgan fingerprint density at radius 3 is 1.79 bits per heavy atom. The van der Waals surface area contributed by atoms with E-state index in [1.165, 1.54) is 0 Å². The van der Waals surface area contributed by atoms with E-state index < -0.39 is 18.2 Å². The van der Waals surface area contributed by atoms with E-state index in [9.17, 15) is 0 Å². The Morgan fingerprint density at radius 2 is 1.19 bits per heavy atom. The standard InChI is InChI=1S/C33H65NO8/c1-8-13-18-26-28(42-33(6,7)41-26)25(34)23-39-32-31(38-22-17-12-5)30(37-21-16-11-4)29(36-20-15-10-3)27(40-32)24-35-19-14-9-2/h25-32H,8-24,34H2,1-7H3/t25-,26+,27?,28-,29?,30?,31?,32?/m0/s1. The van der Waals surface area contributed by atoms with E-state index in [2.05, 4.69) is 34.6 Å². The molecule has 0 aromatic carbocycles. The molecule has 0 radical (unpaired) electrons. The van der Waals surface area contributed by atoms with Crippen molar-refractivity contribution in [1.82, 2.24) is 0 Å². The molecule has 0 spiro atoms. The van der Waals surface area contributed by atoms with Crippen LogP contribution in [0.5, 0.6) is 0 Å². The second kappa shape index (κ2) is 21.4. The lowest BCUT2D eigenvalue weighted by Crippen LogP contribution is -2.62. The fourth-order valence-corrected chi connectivity index (χ4v) is 5.41. The Kier molecular flexibility index (Phi) is 19.3. The summed E-state index contributed by atoms with van der Waals surface area (Å²) in [5.74, 6) is -0.671. The third-order valence-corrected chi connectivity index (χ3v) is 7.88. The molecule has 0 aromatic rings. The highest BCUT2D eigenvalue weighted by Crippen LogP contribution is 2.34. The number of hydrogen-bond acceptors (Lipinski definition) is 9. The normalized spacial score (nSPS) is 30.1. The molecule has 2 saturated heterocycles. The average molecular weight is 604 g/mol. The molecule has 5 unspecified atom stereocenters. The van der Waals surface area contributed by atoms with E-state index in [-0.39, 0.29) is 43.2 Å². The summed E-state index contributed by atoms with van der Waals surface area (Å²) < 4.78 is 51.2. The van der Waals surface area contributed by atoms with Gasteiger partial charge in [0.25, 0.3) is 0 Å². The highest BCUT2D eigenvalue weighted by atomic mass is 16.8. The van der Waals surface area contributed by atoms with Crippen LogP contribution in [-0.4, -0.2) is 94.4 Å². The van der Waals surface area contributed by atoms with Gasteiger partial charge in [0.1, 0.15) is 30.5 Å². The van der Waals surface area contributed by atoms with Gasteiger partial charge < -0.3 is 43.6 Å². The fourth-order valence-electron chi connectivity index (χ4n) is 5.41. The van der Waals surface area contributed by atoms with Crippen molar-refractivity contribution in [3.05, 3.63) is 0 Å². The number of rotatable bonds is 24. The lowest BCUT2D eigenvalue weighted by atomic mass is 9.97. The van der Waals surface area contributed by atoms with Gasteiger partial charge in [0.15, 0.2) is 12.1 Å². The number of hydrogen-bond donors (Lipinski definition) is 1. The van der Waals surface area contributed by atoms with Crippen LogP contribution in [0.4, 0.5) is 0 Å². The summed E-state index contributed by atoms with van der Waals surface area (Å²) in [5, 5.41) is 0. The van der Waals surface area contributed by atoms with E-state index in [1.54, 1.807) is 0 Å². The molecule has 2 rings (SSSR count). The maximum absolute atomic E-state index is 6.73. The monoisotopic (exact) mass is 603 g/mol. The van der Waals surface area contributed by atoms with Gasteiger partial charge in [-0.05, 0) is 46.0 Å². The van der Waals surface area contributed by atoms with Crippen LogP contribution < -0.4 is 5.73 Å². The van der Waals surface area contributed by atoms with Crippen LogP contribution in [-0.2, 0) is 37.9 Å². The van der Waals surface area contributed by atoms with Crippen molar-refractivity contribution in [1.29, 1.82) is 0 Å². The van der Waals surface area contributed by atoms with Gasteiger partial charge in [0.05, 0.1) is 25.4 Å². The second-order valence-electron chi connectivity index (χ2n) is 12.3. The quantitative estimate of drug-likeness (QED) is 0.130. The molecule has 9 nitrogen and oxygen atoms in total. The van der Waals surface area contributed by atoms with Gasteiger partial charge in [-0.1, -0.05) is 73.1 Å². The first-order chi connectivity index (χ1) is 20.3. The topological polar surface area (TPSA) is 99.9 Å². The zero-order valence-corrected chi connectivity index (χ0v) is 28.0. The fraction of sp³-hybridized carbons (Fsp3) is 1.00. The van der Waals surface area contributed by atoms with Crippen molar-refractivity contribution < 1.29 is 37.9 Å². The Balaban J connectivity index is 2.25. The summed E-state index contributed by atoms with van der Waals surface area (Å²) in [5.41, 5.74) is 6.73. The molecule has 2 aliphatic rings. The minimum absolute atomic E-state index is 0.0661. The number of ether oxygens (including phenoxy) is 8. The second-order valence-corrected chi connectivity index (χ2v) is 12.3. The summed E-state index contributed by atoms with van der Waals surface area (Å²) in [6, 6.07) is -0.384. The molecule has 0 saturated carbocycles. The summed E-state index contributed by atoms with van der Waals surface area (Å²) >= 11 is 0. The molecule has 2 N–H and O–H groups in total. The van der Waals surface area contributed by atoms with Gasteiger partial charge in [-0.25, -0.2) is 0 Å². The van der Waals surface area contributed by atoms with Crippen LogP contribution in [0.2, 0.25) is 0 Å². The van der Waals surface area contributed by atoms with Crippen molar-refractivity contribution in [2.24, 2.45) is 5.73 Å². The third kappa shape index (κ3) is 12.9. The van der Waals surface area contributed by atoms with Crippen LogP contribution in [0.25, 0.3) is 0 Å². The molecule has 0 aromatic heterocycles. The van der Waals surface area contributed by atoms with Gasteiger partial charge in [0.2, 0.25) is 0 Å². The van der Waals surface area contributed by atoms with Gasteiger partial charge in [0, 0.05) is 26.4 Å². The predicted octanol–water partition coefficient (Wildman–Crippen LogP) is 6.14. The highest BCUT2D eigenvalue weighted by Gasteiger charge is 2.50. The maximum Gasteiger partial charge on any atom is 0.186 e. The van der Waals surface area contributed by atoms with Gasteiger partial charge in [-0.3, -0.25) is 0 Å². The summed E-state index contributed by atoms with van der Waals surface area (Å²) in [7, 11) is 0. The summed E-state index contributed by atoms with van der Waals surface area (Å²) in [6.07, 6.45) is 8.67. The summed E-state index contributed by atoms with van der Waals surface area (Å²) in [6.45, 7) is 17.9. The van der Waals surface area contributed by atoms with Crippen LogP contribution >= 0.6 is 0 Å². The highest BCUT2D eigenvalue weighted by molar-refractivity contribution is 4.94. The van der Waals surface area contributed by atoms with Crippen molar-refractivity contribution >= 4 is 0 Å². The van der Waals surface area contributed by atoms with Crippen molar-refractivity contribution in [3.8, 4) is 0 Å². The molecule has 0 bridgehead atoms. The molecule has 8 atom stereocenters. The Hall–Kier alpha value is -0.360. The first-order valence-electron chi connectivity index (χ1n) is 17.1. The van der Waals surface area contributed by atoms with Crippen LogP contribution in [0.3, 0.4) is 0 Å². The SMILES string of the molecule is CCCCOCC1OC(OC[C@H](N)[C@@H]2OC(C)(C)O[C@@H]2CCCC)C(OCCCC)C(OCCCC)C1OCCCC. The molecule has 2 aliphatic heterocycles. The van der Waals surface area contributed by atoms with Crippen molar-refractivity contribution in [3.63, 3.8) is 0 Å². The Bertz CT molecular complexity index is 668. The Morgan fingerprint density at radius 1 is 0.643 bits per heavy atom. The van der Waals surface area contributed by atoms with Crippen molar-refractivity contribution in [2.45, 2.75) is 174 Å². The van der Waals surface area contributed by atoms with E-state index in [1.807, 2.05) is 13.8 Å². The van der Waals surface area contributed by atoms with Gasteiger partial charge in [-0.2, -0.15) is 0 Å². The summed E-state index contributed by atoms with van der Waals surface area (Å²) in [4.78, 5) is 0. The largest absolute Gasteiger partial charge is 0.379 e. The minimum Gasteiger partial charge on any atom is -0.379 e. The lowest BCUT2D eigenvalue weighted by molar-refractivity contribution is -0.325. The first kappa shape index (κ1) is 37.8. The molecule has 42 heavy (non-hydrogen) atoms. The van der Waals surface area contributed by atoms with Gasteiger partial charge >= 0.3 is 0 Å². The van der Waals surface area contributed by atoms with Gasteiger partial charge in [-0.15, -0.1) is 0 Å². The third-order valence-electron chi connectivity index (χ3n) is 7.88. The smallest absolute Gasteiger partial charge is 0.186 e. The Labute approximate surface area is 257 Å². The molecule has 0 aliphatic carbocycles. The molecular formula is C33H65NO8.